The summed E-state index contributed by atoms with van der Waals surface area (Å²) in [6.07, 6.45) is 2.79. The lowest BCUT2D eigenvalue weighted by atomic mass is 10.1. The molecule has 0 atom stereocenters. The molecule has 0 aliphatic rings. The Bertz CT molecular complexity index is 348. The van der Waals surface area contributed by atoms with Crippen LogP contribution in [0.5, 0.6) is 0 Å². The number of hydrogen-bond donors (Lipinski definition) is 0. The molecule has 4 nitrogen and oxygen atoms in total. The Kier molecular flexibility index (Phi) is 2.57. The second-order valence-electron chi connectivity index (χ2n) is 1.92. The molecule has 0 saturated heterocycles. The molecule has 0 N–H and O–H groups in total. The van der Waals surface area contributed by atoms with Crippen LogP contribution in [0.4, 0.5) is 0 Å². The highest BCUT2D eigenvalue weighted by Gasteiger charge is 2.14. The van der Waals surface area contributed by atoms with Crippen LogP contribution in [-0.2, 0) is 0 Å². The van der Waals surface area contributed by atoms with Gasteiger partial charge in [-0.2, -0.15) is 10.5 Å². The van der Waals surface area contributed by atoms with Crippen LogP contribution in [0.25, 0.3) is 0 Å². The van der Waals surface area contributed by atoms with Crippen LogP contribution in [-0.4, -0.2) is 9.97 Å². The molecule has 1 rings (SSSR count). The maximum atomic E-state index is 8.50. The topological polar surface area (TPSA) is 73.4 Å². The summed E-state index contributed by atoms with van der Waals surface area (Å²) in [4.78, 5) is 7.48. The molecule has 0 aliphatic carbocycles. The minimum atomic E-state index is -0.939. The van der Waals surface area contributed by atoms with E-state index >= 15 is 0 Å². The Hall–Kier alpha value is -1.65. The van der Waals surface area contributed by atoms with Crippen molar-refractivity contribution in [2.75, 3.05) is 0 Å². The quantitative estimate of drug-likeness (QED) is 0.649. The van der Waals surface area contributed by atoms with Crippen molar-refractivity contribution in [3.63, 3.8) is 0 Å². The molecule has 1 heterocycles. The average Bonchev–Trinajstić information content (AvgIpc) is 2.10. The molecule has 58 valence electrons. The fraction of sp³-hybridized carbons (Fsp3) is 0.143. The minimum Gasteiger partial charge on any atom is -0.254 e. The zero-order valence-corrected chi connectivity index (χ0v) is 6.65. The van der Waals surface area contributed by atoms with Crippen LogP contribution in [0.15, 0.2) is 12.4 Å². The maximum Gasteiger partial charge on any atom is 0.178 e. The Morgan fingerprint density at radius 2 is 1.83 bits per heavy atom. The van der Waals surface area contributed by atoms with E-state index < -0.39 is 5.92 Å². The molecule has 0 unspecified atom stereocenters. The number of rotatable bonds is 1. The fourth-order valence-electron chi connectivity index (χ4n) is 0.677. The van der Waals surface area contributed by atoms with E-state index in [9.17, 15) is 0 Å². The summed E-state index contributed by atoms with van der Waals surface area (Å²) in [5.74, 6) is -0.939. The summed E-state index contributed by atoms with van der Waals surface area (Å²) in [7, 11) is 0. The highest BCUT2D eigenvalue weighted by Crippen LogP contribution is 2.17. The number of aromatic nitrogens is 2. The van der Waals surface area contributed by atoms with Gasteiger partial charge in [-0.1, -0.05) is 11.6 Å². The second-order valence-corrected chi connectivity index (χ2v) is 2.28. The van der Waals surface area contributed by atoms with Crippen molar-refractivity contribution in [3.8, 4) is 12.1 Å². The molecule has 0 bridgehead atoms. The number of nitriles is 2. The van der Waals surface area contributed by atoms with E-state index in [2.05, 4.69) is 9.97 Å². The zero-order chi connectivity index (χ0) is 8.97. The Morgan fingerprint density at radius 1 is 1.25 bits per heavy atom. The highest BCUT2D eigenvalue weighted by atomic mass is 35.5. The number of nitrogens with zero attached hydrogens (tertiary/aromatic N) is 4. The van der Waals surface area contributed by atoms with Gasteiger partial charge >= 0.3 is 0 Å². The predicted molar refractivity (Wildman–Crippen MR) is 41.0 cm³/mol. The average molecular weight is 179 g/mol. The maximum absolute atomic E-state index is 8.50. The van der Waals surface area contributed by atoms with Crippen molar-refractivity contribution in [2.24, 2.45) is 0 Å². The first kappa shape index (κ1) is 8.45. The summed E-state index contributed by atoms with van der Waals surface area (Å²) in [5.41, 5.74) is 0.212. The molecule has 0 fully saturated rings. The van der Waals surface area contributed by atoms with Crippen LogP contribution in [0.3, 0.4) is 0 Å². The largest absolute Gasteiger partial charge is 0.254 e. The van der Waals surface area contributed by atoms with Crippen molar-refractivity contribution in [1.29, 1.82) is 10.5 Å². The third kappa shape index (κ3) is 1.50. The van der Waals surface area contributed by atoms with E-state index in [1.54, 1.807) is 12.1 Å². The zero-order valence-electron chi connectivity index (χ0n) is 5.90. The second kappa shape index (κ2) is 3.66. The van der Waals surface area contributed by atoms with Crippen molar-refractivity contribution in [2.45, 2.75) is 5.92 Å². The van der Waals surface area contributed by atoms with Gasteiger partial charge in [-0.05, 0) is 0 Å². The van der Waals surface area contributed by atoms with Gasteiger partial charge in [-0.25, -0.2) is 4.98 Å². The minimum absolute atomic E-state index is 0.102. The van der Waals surface area contributed by atoms with E-state index in [1.165, 1.54) is 12.4 Å². The molecule has 1 aromatic heterocycles. The summed E-state index contributed by atoms with van der Waals surface area (Å²) < 4.78 is 0. The first-order valence-corrected chi connectivity index (χ1v) is 3.43. The molecule has 12 heavy (non-hydrogen) atoms. The third-order valence-electron chi connectivity index (χ3n) is 1.21. The van der Waals surface area contributed by atoms with E-state index in [4.69, 9.17) is 22.1 Å². The van der Waals surface area contributed by atoms with Crippen LogP contribution in [0, 0.1) is 22.7 Å². The Balaban J connectivity index is 3.13. The van der Waals surface area contributed by atoms with E-state index in [1.807, 2.05) is 0 Å². The van der Waals surface area contributed by atoms with Gasteiger partial charge in [0.2, 0.25) is 0 Å². The molecular formula is C7H3ClN4. The fourth-order valence-corrected chi connectivity index (χ4v) is 0.891. The van der Waals surface area contributed by atoms with Crippen LogP contribution in [0.2, 0.25) is 5.15 Å². The van der Waals surface area contributed by atoms with Crippen molar-refractivity contribution in [1.82, 2.24) is 9.97 Å². The number of halogens is 1. The SMILES string of the molecule is N#CC(C#N)c1nccnc1Cl. The monoisotopic (exact) mass is 178 g/mol. The van der Waals surface area contributed by atoms with Gasteiger partial charge in [0.15, 0.2) is 11.1 Å². The lowest BCUT2D eigenvalue weighted by Crippen LogP contribution is -1.97. The predicted octanol–water partition coefficient (Wildman–Crippen LogP) is 1.26. The van der Waals surface area contributed by atoms with Gasteiger partial charge in [-0.15, -0.1) is 0 Å². The Labute approximate surface area is 74.1 Å². The summed E-state index contributed by atoms with van der Waals surface area (Å²) in [5, 5.41) is 17.1. The molecule has 1 aromatic rings. The first-order valence-electron chi connectivity index (χ1n) is 3.05. The highest BCUT2D eigenvalue weighted by molar-refractivity contribution is 6.30. The van der Waals surface area contributed by atoms with Gasteiger partial charge in [-0.3, -0.25) is 4.98 Å². The van der Waals surface area contributed by atoms with Crippen molar-refractivity contribution in [3.05, 3.63) is 23.2 Å². The molecule has 0 radical (unpaired) electrons. The molecule has 5 heteroatoms. The molecule has 0 amide bonds. The van der Waals surface area contributed by atoms with Gasteiger partial charge in [0.1, 0.15) is 5.69 Å². The molecular weight excluding hydrogens is 176 g/mol. The molecule has 0 spiro atoms. The summed E-state index contributed by atoms with van der Waals surface area (Å²) in [6, 6.07) is 3.52. The first-order chi connectivity index (χ1) is 5.79. The smallest absolute Gasteiger partial charge is 0.178 e. The van der Waals surface area contributed by atoms with E-state index in [0.717, 1.165) is 0 Å². The normalized spacial score (nSPS) is 9.00. The van der Waals surface area contributed by atoms with Crippen molar-refractivity contribution >= 4 is 11.6 Å². The van der Waals surface area contributed by atoms with E-state index in [0.29, 0.717) is 0 Å². The van der Waals surface area contributed by atoms with Gasteiger partial charge in [0, 0.05) is 12.4 Å². The van der Waals surface area contributed by atoms with Gasteiger partial charge in [0.25, 0.3) is 0 Å². The van der Waals surface area contributed by atoms with Gasteiger partial charge in [0.05, 0.1) is 12.1 Å². The van der Waals surface area contributed by atoms with E-state index in [-0.39, 0.29) is 10.8 Å². The number of hydrogen-bond acceptors (Lipinski definition) is 4. The van der Waals surface area contributed by atoms with Crippen LogP contribution < -0.4 is 0 Å². The molecule has 0 aromatic carbocycles. The van der Waals surface area contributed by atoms with Crippen molar-refractivity contribution < 1.29 is 0 Å². The van der Waals surface area contributed by atoms with Crippen LogP contribution >= 0.6 is 11.6 Å². The summed E-state index contributed by atoms with van der Waals surface area (Å²) >= 11 is 5.60. The molecule has 0 aliphatic heterocycles. The lowest BCUT2D eigenvalue weighted by molar-refractivity contribution is 0.982. The van der Waals surface area contributed by atoms with Crippen LogP contribution in [0.1, 0.15) is 11.6 Å². The van der Waals surface area contributed by atoms with Gasteiger partial charge < -0.3 is 0 Å². The standard InChI is InChI=1S/C7H3ClN4/c8-7-6(5(3-9)4-10)11-1-2-12-7/h1-2,5H. The summed E-state index contributed by atoms with van der Waals surface area (Å²) in [6.45, 7) is 0. The third-order valence-corrected chi connectivity index (χ3v) is 1.50. The Morgan fingerprint density at radius 3 is 2.33 bits per heavy atom. The lowest BCUT2D eigenvalue weighted by Gasteiger charge is -1.98. The molecule has 0 saturated carbocycles.